The molecule has 3 nitrogen and oxygen atoms in total. The largest absolute Gasteiger partial charge is 0.464 e. The maximum absolute atomic E-state index is 6.57. The Morgan fingerprint density at radius 2 is 1.65 bits per heavy atom. The molecule has 0 N–H and O–H groups in total. The van der Waals surface area contributed by atoms with Gasteiger partial charge in [0.05, 0.1) is 16.8 Å². The highest BCUT2D eigenvalue weighted by Gasteiger charge is 2.41. The molecule has 0 saturated carbocycles. The molecule has 2 atom stereocenters. The van der Waals surface area contributed by atoms with Gasteiger partial charge in [-0.15, -0.1) is 0 Å². The van der Waals surface area contributed by atoms with E-state index in [1.807, 2.05) is 30.3 Å². The lowest BCUT2D eigenvalue weighted by atomic mass is 9.93. The molecule has 152 valence electrons. The highest BCUT2D eigenvalue weighted by atomic mass is 35.5. The first-order valence-corrected chi connectivity index (χ1v) is 11.0. The zero-order valence-corrected chi connectivity index (χ0v) is 18.0. The van der Waals surface area contributed by atoms with Gasteiger partial charge < -0.3 is 4.74 Å². The van der Waals surface area contributed by atoms with E-state index in [4.69, 9.17) is 33.0 Å². The first-order valence-electron chi connectivity index (χ1n) is 10.2. The van der Waals surface area contributed by atoms with E-state index in [1.165, 1.54) is 10.8 Å². The highest BCUT2D eigenvalue weighted by Crippen LogP contribution is 2.48. The first-order chi connectivity index (χ1) is 15.2. The van der Waals surface area contributed by atoms with E-state index in [0.29, 0.717) is 10.0 Å². The lowest BCUT2D eigenvalue weighted by Crippen LogP contribution is -2.33. The van der Waals surface area contributed by atoms with Gasteiger partial charge in [0.15, 0.2) is 0 Å². The fourth-order valence-corrected chi connectivity index (χ4v) is 5.08. The summed E-state index contributed by atoms with van der Waals surface area (Å²) in [6.45, 7) is 0. The van der Waals surface area contributed by atoms with Crippen molar-refractivity contribution in [1.29, 1.82) is 0 Å². The lowest BCUT2D eigenvalue weighted by Gasteiger charge is -2.38. The molecule has 6 rings (SSSR count). The predicted octanol–water partition coefficient (Wildman–Crippen LogP) is 7.39. The van der Waals surface area contributed by atoms with Crippen LogP contribution in [-0.2, 0) is 0 Å². The molecular formula is C26H18Cl2N2O. The van der Waals surface area contributed by atoms with Crippen LogP contribution in [0.5, 0.6) is 5.75 Å². The lowest BCUT2D eigenvalue weighted by molar-refractivity contribution is -0.0189. The molecule has 0 bridgehead atoms. The number of benzene rings is 4. The summed E-state index contributed by atoms with van der Waals surface area (Å²) in [6.07, 6.45) is 0.382. The van der Waals surface area contributed by atoms with Crippen molar-refractivity contribution in [3.8, 4) is 5.75 Å². The van der Waals surface area contributed by atoms with Gasteiger partial charge in [0.1, 0.15) is 5.75 Å². The second kappa shape index (κ2) is 7.30. The van der Waals surface area contributed by atoms with Gasteiger partial charge in [-0.2, -0.15) is 5.10 Å². The van der Waals surface area contributed by atoms with Crippen molar-refractivity contribution in [3.63, 3.8) is 0 Å². The fourth-order valence-electron chi connectivity index (χ4n) is 4.58. The van der Waals surface area contributed by atoms with Crippen molar-refractivity contribution in [2.75, 3.05) is 0 Å². The second-order valence-corrected chi connectivity index (χ2v) is 8.69. The molecule has 0 amide bonds. The van der Waals surface area contributed by atoms with Crippen LogP contribution in [-0.4, -0.2) is 10.7 Å². The Hall–Kier alpha value is -3.01. The summed E-state index contributed by atoms with van der Waals surface area (Å²) in [5.41, 5.74) is 4.21. The predicted molar refractivity (Wildman–Crippen MR) is 126 cm³/mol. The van der Waals surface area contributed by atoms with E-state index in [-0.39, 0.29) is 6.04 Å². The van der Waals surface area contributed by atoms with Gasteiger partial charge in [-0.25, -0.2) is 5.01 Å². The minimum absolute atomic E-state index is 0.0793. The number of para-hydroxylation sites is 1. The maximum atomic E-state index is 6.57. The van der Waals surface area contributed by atoms with Gasteiger partial charge in [-0.1, -0.05) is 89.9 Å². The molecule has 0 saturated heterocycles. The van der Waals surface area contributed by atoms with Crippen molar-refractivity contribution in [1.82, 2.24) is 5.01 Å². The Morgan fingerprint density at radius 3 is 2.55 bits per heavy atom. The summed E-state index contributed by atoms with van der Waals surface area (Å²) < 4.78 is 6.42. The van der Waals surface area contributed by atoms with Crippen LogP contribution >= 0.6 is 23.2 Å². The zero-order chi connectivity index (χ0) is 20.9. The standard InChI is InChI=1S/C26H18Cl2N2O/c27-17-12-13-20(22(28)14-17)26-30-24(21-9-3-4-11-25(21)31-26)15-23(29-30)19-10-5-7-16-6-1-2-8-18(16)19/h1-14,24,26H,15H2. The molecule has 2 aliphatic rings. The Morgan fingerprint density at radius 1 is 0.839 bits per heavy atom. The van der Waals surface area contributed by atoms with Crippen molar-refractivity contribution in [2.24, 2.45) is 5.10 Å². The number of hydrogen-bond acceptors (Lipinski definition) is 3. The van der Waals surface area contributed by atoms with E-state index in [9.17, 15) is 0 Å². The number of rotatable bonds is 2. The average Bonchev–Trinajstić information content (AvgIpc) is 3.24. The minimum Gasteiger partial charge on any atom is -0.464 e. The molecule has 5 heteroatoms. The first kappa shape index (κ1) is 18.7. The second-order valence-electron chi connectivity index (χ2n) is 7.85. The van der Waals surface area contributed by atoms with Crippen molar-refractivity contribution >= 4 is 39.7 Å². The molecule has 0 aliphatic carbocycles. The fraction of sp³-hybridized carbons (Fsp3) is 0.115. The van der Waals surface area contributed by atoms with Crippen LogP contribution in [0.4, 0.5) is 0 Å². The van der Waals surface area contributed by atoms with Crippen LogP contribution in [0.15, 0.2) is 90.0 Å². The smallest absolute Gasteiger partial charge is 0.215 e. The molecule has 0 radical (unpaired) electrons. The quantitative estimate of drug-likeness (QED) is 0.321. The molecule has 31 heavy (non-hydrogen) atoms. The van der Waals surface area contributed by atoms with Gasteiger partial charge in [0.2, 0.25) is 6.23 Å². The topological polar surface area (TPSA) is 24.8 Å². The van der Waals surface area contributed by atoms with E-state index in [1.54, 1.807) is 6.07 Å². The van der Waals surface area contributed by atoms with Gasteiger partial charge in [0, 0.05) is 28.1 Å². The third-order valence-electron chi connectivity index (χ3n) is 6.03. The maximum Gasteiger partial charge on any atom is 0.215 e. The van der Waals surface area contributed by atoms with Gasteiger partial charge in [-0.3, -0.25) is 0 Å². The SMILES string of the molecule is Clc1ccc(C2Oc3ccccc3C3CC(c4cccc5ccccc45)=NN32)c(Cl)c1. The number of halogens is 2. The molecule has 2 heterocycles. The normalized spacial score (nSPS) is 19.5. The molecule has 4 aromatic rings. The summed E-state index contributed by atoms with van der Waals surface area (Å²) in [5.74, 6) is 0.870. The Labute approximate surface area is 190 Å². The van der Waals surface area contributed by atoms with E-state index in [0.717, 1.165) is 34.6 Å². The number of nitrogens with zero attached hydrogens (tertiary/aromatic N) is 2. The number of hydrogen-bond donors (Lipinski definition) is 0. The third kappa shape index (κ3) is 3.08. The molecular weight excluding hydrogens is 427 g/mol. The van der Waals surface area contributed by atoms with Crippen molar-refractivity contribution in [2.45, 2.75) is 18.7 Å². The minimum atomic E-state index is -0.419. The Kier molecular flexibility index (Phi) is 4.41. The summed E-state index contributed by atoms with van der Waals surface area (Å²) in [7, 11) is 0. The molecule has 2 aliphatic heterocycles. The Balaban J connectivity index is 1.50. The van der Waals surface area contributed by atoms with E-state index >= 15 is 0 Å². The molecule has 0 spiro atoms. The van der Waals surface area contributed by atoms with Crippen LogP contribution in [0.25, 0.3) is 10.8 Å². The van der Waals surface area contributed by atoms with Crippen molar-refractivity contribution in [3.05, 3.63) is 112 Å². The zero-order valence-electron chi connectivity index (χ0n) is 16.5. The number of ether oxygens (including phenoxy) is 1. The van der Waals surface area contributed by atoms with Crippen LogP contribution in [0.3, 0.4) is 0 Å². The van der Waals surface area contributed by atoms with Crippen LogP contribution < -0.4 is 4.74 Å². The molecule has 2 unspecified atom stereocenters. The van der Waals surface area contributed by atoms with E-state index < -0.39 is 6.23 Å². The van der Waals surface area contributed by atoms with Gasteiger partial charge in [0.25, 0.3) is 0 Å². The number of hydrazone groups is 1. The molecule has 0 fully saturated rings. The van der Waals surface area contributed by atoms with Crippen LogP contribution in [0.2, 0.25) is 10.0 Å². The Bertz CT molecular complexity index is 1350. The monoisotopic (exact) mass is 444 g/mol. The highest BCUT2D eigenvalue weighted by molar-refractivity contribution is 6.35. The van der Waals surface area contributed by atoms with Crippen molar-refractivity contribution < 1.29 is 4.74 Å². The summed E-state index contributed by atoms with van der Waals surface area (Å²) in [6, 6.07) is 28.6. The molecule has 4 aromatic carbocycles. The summed E-state index contributed by atoms with van der Waals surface area (Å²) >= 11 is 12.7. The van der Waals surface area contributed by atoms with Crippen LogP contribution in [0, 0.1) is 0 Å². The van der Waals surface area contributed by atoms with Gasteiger partial charge >= 0.3 is 0 Å². The number of fused-ring (bicyclic) bond motifs is 4. The van der Waals surface area contributed by atoms with E-state index in [2.05, 4.69) is 53.5 Å². The van der Waals surface area contributed by atoms with Crippen LogP contribution in [0.1, 0.15) is 35.4 Å². The summed E-state index contributed by atoms with van der Waals surface area (Å²) in [4.78, 5) is 0. The molecule has 0 aromatic heterocycles. The average molecular weight is 445 g/mol. The third-order valence-corrected chi connectivity index (χ3v) is 6.59. The van der Waals surface area contributed by atoms with Gasteiger partial charge in [-0.05, 0) is 29.0 Å². The summed E-state index contributed by atoms with van der Waals surface area (Å²) in [5, 5.41) is 10.7.